The van der Waals surface area contributed by atoms with Gasteiger partial charge in [-0.3, -0.25) is 14.5 Å². The van der Waals surface area contributed by atoms with E-state index >= 15 is 0 Å². The van der Waals surface area contributed by atoms with Crippen molar-refractivity contribution in [3.63, 3.8) is 0 Å². The van der Waals surface area contributed by atoms with Gasteiger partial charge in [0.2, 0.25) is 0 Å². The second-order valence-corrected chi connectivity index (χ2v) is 7.10. The SMILES string of the molecule is O=C(NC1CC2CCC(C1)N2Cc1ccccc1)c1ccc[nH]c1=O. The smallest absolute Gasteiger partial charge is 0.260 e. The maximum absolute atomic E-state index is 12.4. The van der Waals surface area contributed by atoms with Gasteiger partial charge in [0, 0.05) is 30.9 Å². The third kappa shape index (κ3) is 3.37. The molecule has 0 aliphatic carbocycles. The van der Waals surface area contributed by atoms with E-state index in [0.717, 1.165) is 19.4 Å². The Morgan fingerprint density at radius 3 is 2.48 bits per heavy atom. The molecule has 3 heterocycles. The first kappa shape index (κ1) is 16.1. The van der Waals surface area contributed by atoms with Gasteiger partial charge < -0.3 is 10.3 Å². The van der Waals surface area contributed by atoms with Crippen LogP contribution in [-0.2, 0) is 6.54 Å². The molecule has 2 aliphatic heterocycles. The lowest BCUT2D eigenvalue weighted by Crippen LogP contribution is -2.50. The molecule has 0 spiro atoms. The van der Waals surface area contributed by atoms with Crippen LogP contribution >= 0.6 is 0 Å². The van der Waals surface area contributed by atoms with Crippen LogP contribution in [0.4, 0.5) is 0 Å². The number of benzene rings is 1. The molecule has 4 rings (SSSR count). The van der Waals surface area contributed by atoms with Crippen LogP contribution < -0.4 is 10.9 Å². The van der Waals surface area contributed by atoms with Gasteiger partial charge in [-0.05, 0) is 43.4 Å². The Morgan fingerprint density at radius 2 is 1.80 bits per heavy atom. The van der Waals surface area contributed by atoms with Crippen molar-refractivity contribution in [3.8, 4) is 0 Å². The van der Waals surface area contributed by atoms with E-state index in [1.165, 1.54) is 18.4 Å². The number of carbonyl (C=O) groups excluding carboxylic acids is 1. The normalized spacial score (nSPS) is 25.7. The second-order valence-electron chi connectivity index (χ2n) is 7.10. The Morgan fingerprint density at radius 1 is 1.08 bits per heavy atom. The predicted octanol–water partition coefficient (Wildman–Crippen LogP) is 2.30. The number of nitrogens with zero attached hydrogens (tertiary/aromatic N) is 1. The average Bonchev–Trinajstić information content (AvgIpc) is 2.85. The number of aromatic amines is 1. The van der Waals surface area contributed by atoms with E-state index in [0.29, 0.717) is 12.1 Å². The Kier molecular flexibility index (Phi) is 4.40. The Bertz CT molecular complexity index is 788. The molecule has 2 saturated heterocycles. The minimum Gasteiger partial charge on any atom is -0.349 e. The number of rotatable bonds is 4. The lowest BCUT2D eigenvalue weighted by molar-refractivity contribution is 0.0826. The zero-order chi connectivity index (χ0) is 17.2. The highest BCUT2D eigenvalue weighted by atomic mass is 16.2. The Balaban J connectivity index is 1.41. The molecule has 2 unspecified atom stereocenters. The zero-order valence-corrected chi connectivity index (χ0v) is 14.2. The lowest BCUT2D eigenvalue weighted by atomic mass is 9.96. The monoisotopic (exact) mass is 337 g/mol. The molecule has 1 amide bonds. The molecule has 2 fully saturated rings. The number of carbonyl (C=O) groups is 1. The van der Waals surface area contributed by atoms with Crippen LogP contribution in [0.1, 0.15) is 41.6 Å². The molecule has 130 valence electrons. The summed E-state index contributed by atoms with van der Waals surface area (Å²) in [7, 11) is 0. The van der Waals surface area contributed by atoms with Gasteiger partial charge in [-0.2, -0.15) is 0 Å². The number of hydrogen-bond donors (Lipinski definition) is 2. The van der Waals surface area contributed by atoms with Gasteiger partial charge in [-0.25, -0.2) is 0 Å². The van der Waals surface area contributed by atoms with Crippen LogP contribution in [0, 0.1) is 0 Å². The molecule has 2 atom stereocenters. The third-order valence-corrected chi connectivity index (χ3v) is 5.49. The second kappa shape index (κ2) is 6.84. The summed E-state index contributed by atoms with van der Waals surface area (Å²) in [5, 5.41) is 3.08. The van der Waals surface area contributed by atoms with Crippen molar-refractivity contribution in [3.05, 3.63) is 70.1 Å². The van der Waals surface area contributed by atoms with Crippen molar-refractivity contribution in [1.82, 2.24) is 15.2 Å². The van der Waals surface area contributed by atoms with Crippen LogP contribution in [0.25, 0.3) is 0 Å². The van der Waals surface area contributed by atoms with E-state index in [2.05, 4.69) is 39.5 Å². The highest BCUT2D eigenvalue weighted by molar-refractivity contribution is 5.93. The van der Waals surface area contributed by atoms with Gasteiger partial charge in [0.1, 0.15) is 5.56 Å². The van der Waals surface area contributed by atoms with E-state index in [-0.39, 0.29) is 23.1 Å². The number of fused-ring (bicyclic) bond motifs is 2. The van der Waals surface area contributed by atoms with Gasteiger partial charge in [-0.1, -0.05) is 30.3 Å². The van der Waals surface area contributed by atoms with E-state index in [9.17, 15) is 9.59 Å². The molecule has 2 aromatic rings. The van der Waals surface area contributed by atoms with E-state index in [1.54, 1.807) is 18.3 Å². The van der Waals surface area contributed by atoms with Crippen molar-refractivity contribution in [2.75, 3.05) is 0 Å². The molecule has 2 N–H and O–H groups in total. The molecule has 5 heteroatoms. The van der Waals surface area contributed by atoms with Crippen molar-refractivity contribution < 1.29 is 4.79 Å². The Labute approximate surface area is 147 Å². The minimum atomic E-state index is -0.329. The van der Waals surface area contributed by atoms with Crippen molar-refractivity contribution in [1.29, 1.82) is 0 Å². The highest BCUT2D eigenvalue weighted by Gasteiger charge is 2.41. The first-order valence-corrected chi connectivity index (χ1v) is 8.99. The molecule has 1 aromatic carbocycles. The summed E-state index contributed by atoms with van der Waals surface area (Å²) in [6, 6.07) is 15.0. The summed E-state index contributed by atoms with van der Waals surface area (Å²) in [6.45, 7) is 0.981. The van der Waals surface area contributed by atoms with Crippen LogP contribution in [-0.4, -0.2) is 33.9 Å². The van der Waals surface area contributed by atoms with Crippen LogP contribution in [0.2, 0.25) is 0 Å². The molecule has 0 radical (unpaired) electrons. The summed E-state index contributed by atoms with van der Waals surface area (Å²) in [5.74, 6) is -0.261. The first-order valence-electron chi connectivity index (χ1n) is 8.99. The number of piperidine rings is 1. The summed E-state index contributed by atoms with van der Waals surface area (Å²) < 4.78 is 0. The summed E-state index contributed by atoms with van der Waals surface area (Å²) in [4.78, 5) is 29.3. The topological polar surface area (TPSA) is 65.2 Å². The van der Waals surface area contributed by atoms with Gasteiger partial charge in [0.15, 0.2) is 0 Å². The fourth-order valence-electron chi connectivity index (χ4n) is 4.31. The maximum atomic E-state index is 12.4. The highest BCUT2D eigenvalue weighted by Crippen LogP contribution is 2.36. The van der Waals surface area contributed by atoms with Crippen molar-refractivity contribution in [2.45, 2.75) is 50.4 Å². The van der Waals surface area contributed by atoms with Crippen molar-refractivity contribution >= 4 is 5.91 Å². The minimum absolute atomic E-state index is 0.150. The lowest BCUT2D eigenvalue weighted by Gasteiger charge is -2.39. The van der Waals surface area contributed by atoms with Gasteiger partial charge in [-0.15, -0.1) is 0 Å². The van der Waals surface area contributed by atoms with E-state index in [4.69, 9.17) is 0 Å². The van der Waals surface area contributed by atoms with Crippen LogP contribution in [0.3, 0.4) is 0 Å². The van der Waals surface area contributed by atoms with E-state index < -0.39 is 0 Å². The molecular weight excluding hydrogens is 314 g/mol. The number of amides is 1. The van der Waals surface area contributed by atoms with Crippen LogP contribution in [0.15, 0.2) is 53.5 Å². The quantitative estimate of drug-likeness (QED) is 0.900. The standard InChI is InChI=1S/C20H23N3O2/c24-19-18(7-4-10-21-19)20(25)22-15-11-16-8-9-17(12-15)23(16)13-14-5-2-1-3-6-14/h1-7,10,15-17H,8-9,11-13H2,(H,21,24)(H,22,25). The summed E-state index contributed by atoms with van der Waals surface area (Å²) in [5.41, 5.74) is 1.21. The Hall–Kier alpha value is -2.40. The molecule has 5 nitrogen and oxygen atoms in total. The first-order chi connectivity index (χ1) is 12.2. The van der Waals surface area contributed by atoms with Gasteiger partial charge in [0.25, 0.3) is 11.5 Å². The zero-order valence-electron chi connectivity index (χ0n) is 14.2. The molecule has 25 heavy (non-hydrogen) atoms. The molecule has 2 aliphatic rings. The largest absolute Gasteiger partial charge is 0.349 e. The van der Waals surface area contributed by atoms with Gasteiger partial charge >= 0.3 is 0 Å². The molecule has 1 aromatic heterocycles. The van der Waals surface area contributed by atoms with E-state index in [1.807, 2.05) is 6.07 Å². The number of pyridine rings is 1. The predicted molar refractivity (Wildman–Crippen MR) is 96.3 cm³/mol. The number of hydrogen-bond acceptors (Lipinski definition) is 3. The molecular formula is C20H23N3O2. The molecule has 2 bridgehead atoms. The fraction of sp³-hybridized carbons (Fsp3) is 0.400. The number of aromatic nitrogens is 1. The maximum Gasteiger partial charge on any atom is 0.260 e. The van der Waals surface area contributed by atoms with Gasteiger partial charge in [0.05, 0.1) is 0 Å². The average molecular weight is 337 g/mol. The summed E-state index contributed by atoms with van der Waals surface area (Å²) in [6.07, 6.45) is 5.84. The molecule has 0 saturated carbocycles. The fourth-order valence-corrected chi connectivity index (χ4v) is 4.31. The van der Waals surface area contributed by atoms with Crippen LogP contribution in [0.5, 0.6) is 0 Å². The summed E-state index contributed by atoms with van der Waals surface area (Å²) >= 11 is 0. The third-order valence-electron chi connectivity index (χ3n) is 5.49. The number of nitrogens with one attached hydrogen (secondary N) is 2. The number of H-pyrrole nitrogens is 1. The van der Waals surface area contributed by atoms with Crippen molar-refractivity contribution in [2.24, 2.45) is 0 Å².